The minimum atomic E-state index is 0.901. The normalized spacial score (nSPS) is 11.5. The van der Waals surface area contributed by atoms with E-state index in [0.717, 1.165) is 50.1 Å². The first-order valence-corrected chi connectivity index (χ1v) is 21.3. The van der Waals surface area contributed by atoms with Gasteiger partial charge in [-0.3, -0.25) is 0 Å². The highest BCUT2D eigenvalue weighted by Gasteiger charge is 2.21. The zero-order valence-corrected chi connectivity index (χ0v) is 33.9. The Labute approximate surface area is 360 Å². The number of hydrogen-bond donors (Lipinski definition) is 0. The highest BCUT2D eigenvalue weighted by atomic mass is 16.3. The molecule has 290 valence electrons. The lowest BCUT2D eigenvalue weighted by molar-refractivity contribution is 0.670. The minimum Gasteiger partial charge on any atom is -0.455 e. The van der Waals surface area contributed by atoms with Crippen molar-refractivity contribution in [3.05, 3.63) is 237 Å². The number of anilines is 3. The van der Waals surface area contributed by atoms with E-state index < -0.39 is 0 Å². The van der Waals surface area contributed by atoms with Crippen molar-refractivity contribution in [2.24, 2.45) is 0 Å². The Hall–Kier alpha value is -8.20. The molecule has 0 bridgehead atoms. The predicted octanol–water partition coefficient (Wildman–Crippen LogP) is 17.2. The summed E-state index contributed by atoms with van der Waals surface area (Å²) in [6.45, 7) is 0. The van der Waals surface area contributed by atoms with Crippen molar-refractivity contribution in [1.82, 2.24) is 0 Å². The Kier molecular flexibility index (Phi) is 8.53. The van der Waals surface area contributed by atoms with Gasteiger partial charge >= 0.3 is 0 Å². The Balaban J connectivity index is 1.09. The lowest BCUT2D eigenvalue weighted by Gasteiger charge is -2.27. The van der Waals surface area contributed by atoms with E-state index >= 15 is 0 Å². The third kappa shape index (κ3) is 5.96. The lowest BCUT2D eigenvalue weighted by Crippen LogP contribution is -2.10. The maximum Gasteiger partial charge on any atom is 0.143 e. The molecule has 0 aliphatic heterocycles. The molecule has 0 aliphatic carbocycles. The zero-order chi connectivity index (χ0) is 41.0. The van der Waals surface area contributed by atoms with Gasteiger partial charge in [-0.25, -0.2) is 0 Å². The summed E-state index contributed by atoms with van der Waals surface area (Å²) in [6, 6.07) is 85.5. The number of para-hydroxylation sites is 2. The van der Waals surface area contributed by atoms with Crippen LogP contribution < -0.4 is 4.90 Å². The number of furan rings is 1. The molecule has 1 aromatic heterocycles. The smallest absolute Gasteiger partial charge is 0.143 e. The van der Waals surface area contributed by atoms with E-state index in [-0.39, 0.29) is 0 Å². The summed E-state index contributed by atoms with van der Waals surface area (Å²) in [7, 11) is 0. The van der Waals surface area contributed by atoms with E-state index in [0.29, 0.717) is 0 Å². The zero-order valence-electron chi connectivity index (χ0n) is 33.9. The molecule has 0 spiro atoms. The number of rotatable bonds is 7. The Morgan fingerprint density at radius 3 is 1.60 bits per heavy atom. The van der Waals surface area contributed by atoms with Gasteiger partial charge in [0.25, 0.3) is 0 Å². The average molecular weight is 790 g/mol. The van der Waals surface area contributed by atoms with Crippen LogP contribution in [0, 0.1) is 0 Å². The topological polar surface area (TPSA) is 16.4 Å². The van der Waals surface area contributed by atoms with Gasteiger partial charge in [0.05, 0.1) is 0 Å². The fraction of sp³-hybridized carbons (Fsp3) is 0. The molecule has 0 amide bonds. The molecule has 0 atom stereocenters. The van der Waals surface area contributed by atoms with Gasteiger partial charge in [-0.15, -0.1) is 0 Å². The first-order valence-electron chi connectivity index (χ1n) is 21.3. The molecular weight excluding hydrogens is 751 g/mol. The van der Waals surface area contributed by atoms with Crippen LogP contribution in [0.4, 0.5) is 17.1 Å². The average Bonchev–Trinajstić information content (AvgIpc) is 3.73. The van der Waals surface area contributed by atoms with E-state index in [9.17, 15) is 0 Å². The highest BCUT2D eigenvalue weighted by Crippen LogP contribution is 2.47. The summed E-state index contributed by atoms with van der Waals surface area (Å²) >= 11 is 0. The van der Waals surface area contributed by atoms with Crippen LogP contribution in [0.3, 0.4) is 0 Å². The van der Waals surface area contributed by atoms with Gasteiger partial charge in [0, 0.05) is 33.4 Å². The van der Waals surface area contributed by atoms with Gasteiger partial charge in [0.15, 0.2) is 0 Å². The van der Waals surface area contributed by atoms with Gasteiger partial charge in [0.1, 0.15) is 11.2 Å². The molecule has 2 nitrogen and oxygen atoms in total. The molecule has 0 saturated heterocycles. The summed E-state index contributed by atoms with van der Waals surface area (Å²) in [6.07, 6.45) is 0. The minimum absolute atomic E-state index is 0.901. The van der Waals surface area contributed by atoms with Gasteiger partial charge < -0.3 is 9.32 Å². The fourth-order valence-corrected chi connectivity index (χ4v) is 9.63. The van der Waals surface area contributed by atoms with Crippen LogP contribution in [0.5, 0.6) is 0 Å². The largest absolute Gasteiger partial charge is 0.455 e. The first kappa shape index (κ1) is 35.7. The first-order chi connectivity index (χ1) is 30.8. The third-order valence-electron chi connectivity index (χ3n) is 12.4. The molecule has 12 rings (SSSR count). The van der Waals surface area contributed by atoms with Crippen LogP contribution in [0.25, 0.3) is 98.8 Å². The molecule has 0 unspecified atom stereocenters. The van der Waals surface area contributed by atoms with Crippen LogP contribution in [-0.2, 0) is 0 Å². The van der Waals surface area contributed by atoms with Crippen molar-refractivity contribution in [3.63, 3.8) is 0 Å². The van der Waals surface area contributed by atoms with Crippen molar-refractivity contribution in [2.45, 2.75) is 0 Å². The van der Waals surface area contributed by atoms with E-state index in [2.05, 4.69) is 229 Å². The van der Waals surface area contributed by atoms with E-state index in [1.165, 1.54) is 65.7 Å². The fourth-order valence-electron chi connectivity index (χ4n) is 9.63. The van der Waals surface area contributed by atoms with Gasteiger partial charge in [-0.05, 0) is 114 Å². The second-order valence-corrected chi connectivity index (χ2v) is 16.0. The molecule has 12 aromatic rings. The standard InChI is InChI=1S/C60H39NO/c1-3-17-42(18-4-1)58-54-27-10-9-25-51(54)52-37-36-47(39-56(52)59(58)43-19-5-2-6-20-43)61(46-23-13-22-44(38-46)49-28-14-21-40-16-7-8-24-48(40)49)45-34-32-41(33-35-45)50-29-15-30-55-53-26-11-12-31-57(53)62-60(50)55/h1-39H. The van der Waals surface area contributed by atoms with Crippen molar-refractivity contribution < 1.29 is 4.42 Å². The number of fused-ring (bicyclic) bond motifs is 7. The van der Waals surface area contributed by atoms with Gasteiger partial charge in [-0.2, -0.15) is 0 Å². The van der Waals surface area contributed by atoms with Crippen LogP contribution >= 0.6 is 0 Å². The Bertz CT molecular complexity index is 3620. The molecule has 0 radical (unpaired) electrons. The monoisotopic (exact) mass is 789 g/mol. The molecule has 0 fully saturated rings. The third-order valence-corrected chi connectivity index (χ3v) is 12.4. The van der Waals surface area contributed by atoms with Crippen molar-refractivity contribution in [2.75, 3.05) is 4.90 Å². The van der Waals surface area contributed by atoms with Gasteiger partial charge in [0.2, 0.25) is 0 Å². The molecule has 0 saturated carbocycles. The number of benzene rings is 11. The van der Waals surface area contributed by atoms with Crippen molar-refractivity contribution in [1.29, 1.82) is 0 Å². The molecular formula is C60H39NO. The predicted molar refractivity (Wildman–Crippen MR) is 263 cm³/mol. The summed E-state index contributed by atoms with van der Waals surface area (Å²) in [5.41, 5.74) is 14.4. The van der Waals surface area contributed by atoms with Crippen LogP contribution in [0.15, 0.2) is 241 Å². The van der Waals surface area contributed by atoms with E-state index in [1.807, 2.05) is 12.1 Å². The number of hydrogen-bond acceptors (Lipinski definition) is 2. The quantitative estimate of drug-likeness (QED) is 0.150. The molecule has 0 aliphatic rings. The molecule has 62 heavy (non-hydrogen) atoms. The summed E-state index contributed by atoms with van der Waals surface area (Å²) < 4.78 is 6.49. The Morgan fingerprint density at radius 2 is 0.806 bits per heavy atom. The summed E-state index contributed by atoms with van der Waals surface area (Å²) in [4.78, 5) is 2.41. The van der Waals surface area contributed by atoms with E-state index in [1.54, 1.807) is 0 Å². The maximum absolute atomic E-state index is 6.49. The molecule has 2 heteroatoms. The highest BCUT2D eigenvalue weighted by molar-refractivity contribution is 6.22. The summed E-state index contributed by atoms with van der Waals surface area (Å²) in [5, 5.41) is 9.63. The molecule has 11 aromatic carbocycles. The van der Waals surface area contributed by atoms with Crippen LogP contribution in [0.1, 0.15) is 0 Å². The SMILES string of the molecule is c1ccc(-c2c(-c3ccccc3)c3cc(N(c4ccc(-c5cccc6c5oc5ccccc56)cc4)c4cccc(-c5cccc6ccccc56)c4)ccc3c3ccccc23)cc1. The second kappa shape index (κ2) is 14.8. The van der Waals surface area contributed by atoms with Gasteiger partial charge in [-0.1, -0.05) is 194 Å². The van der Waals surface area contributed by atoms with Crippen molar-refractivity contribution in [3.8, 4) is 44.5 Å². The maximum atomic E-state index is 6.49. The number of nitrogens with zero attached hydrogens (tertiary/aromatic N) is 1. The van der Waals surface area contributed by atoms with Crippen LogP contribution in [0.2, 0.25) is 0 Å². The molecule has 1 heterocycles. The second-order valence-electron chi connectivity index (χ2n) is 16.0. The van der Waals surface area contributed by atoms with Crippen molar-refractivity contribution >= 4 is 71.3 Å². The Morgan fingerprint density at radius 1 is 0.274 bits per heavy atom. The van der Waals surface area contributed by atoms with Crippen LogP contribution in [-0.4, -0.2) is 0 Å². The molecule has 0 N–H and O–H groups in total. The summed E-state index contributed by atoms with van der Waals surface area (Å²) in [5.74, 6) is 0. The van der Waals surface area contributed by atoms with E-state index in [4.69, 9.17) is 4.42 Å². The lowest BCUT2D eigenvalue weighted by atomic mass is 9.85.